The monoisotopic (exact) mass is 248 g/mol. The van der Waals surface area contributed by atoms with E-state index in [0.29, 0.717) is 5.02 Å². The van der Waals surface area contributed by atoms with Gasteiger partial charge in [0.1, 0.15) is 6.04 Å². The number of likely N-dealkylation sites (tertiary alicyclic amines) is 1. The Bertz CT molecular complexity index is 403. The van der Waals surface area contributed by atoms with Crippen LogP contribution in [0.5, 0.6) is 0 Å². The number of nitriles is 1. The molecule has 0 radical (unpaired) electrons. The number of rotatable bonds is 2. The van der Waals surface area contributed by atoms with Crippen molar-refractivity contribution in [3.05, 3.63) is 34.9 Å². The highest BCUT2D eigenvalue weighted by Gasteiger charge is 2.22. The van der Waals surface area contributed by atoms with E-state index in [0.717, 1.165) is 18.7 Å². The molecule has 1 fully saturated rings. The molecule has 1 heterocycles. The first-order valence-corrected chi connectivity index (χ1v) is 6.59. The Balaban J connectivity index is 2.21. The standard InChI is InChI=1S/C14H17ClN2/c15-13-8-4-3-7-12(13)14(11-16)17-9-5-1-2-6-10-17/h3-4,7-8,14H,1-2,5-6,9-10H2. The number of nitrogens with zero attached hydrogens (tertiary/aromatic N) is 2. The molecular weight excluding hydrogens is 232 g/mol. The minimum Gasteiger partial charge on any atom is -0.284 e. The number of benzene rings is 1. The maximum absolute atomic E-state index is 9.40. The molecule has 0 amide bonds. The molecule has 2 nitrogen and oxygen atoms in total. The third kappa shape index (κ3) is 3.00. The average molecular weight is 249 g/mol. The number of hydrogen-bond donors (Lipinski definition) is 0. The third-order valence-corrected chi connectivity index (χ3v) is 3.67. The van der Waals surface area contributed by atoms with Gasteiger partial charge in [0, 0.05) is 10.6 Å². The second-order valence-corrected chi connectivity index (χ2v) is 4.91. The molecule has 1 aliphatic rings. The van der Waals surface area contributed by atoms with Crippen LogP contribution in [0.1, 0.15) is 37.3 Å². The molecule has 90 valence electrons. The van der Waals surface area contributed by atoms with Gasteiger partial charge in [0.2, 0.25) is 0 Å². The van der Waals surface area contributed by atoms with Crippen LogP contribution in [0, 0.1) is 11.3 Å². The van der Waals surface area contributed by atoms with Gasteiger partial charge in [-0.05, 0) is 32.0 Å². The van der Waals surface area contributed by atoms with Gasteiger partial charge in [0.05, 0.1) is 6.07 Å². The van der Waals surface area contributed by atoms with Gasteiger partial charge in [0.15, 0.2) is 0 Å². The highest BCUT2D eigenvalue weighted by atomic mass is 35.5. The first-order chi connectivity index (χ1) is 8.33. The van der Waals surface area contributed by atoms with Gasteiger partial charge in [-0.25, -0.2) is 0 Å². The average Bonchev–Trinajstić information content (AvgIpc) is 2.62. The molecule has 1 aliphatic heterocycles. The topological polar surface area (TPSA) is 27.0 Å². The van der Waals surface area contributed by atoms with E-state index in [9.17, 15) is 5.26 Å². The third-order valence-electron chi connectivity index (χ3n) is 3.33. The van der Waals surface area contributed by atoms with Crippen molar-refractivity contribution < 1.29 is 0 Å². The molecule has 0 aromatic heterocycles. The van der Waals surface area contributed by atoms with Crippen molar-refractivity contribution >= 4 is 11.6 Å². The molecule has 3 heteroatoms. The molecule has 0 aliphatic carbocycles. The van der Waals surface area contributed by atoms with Gasteiger partial charge in [0.25, 0.3) is 0 Å². The number of halogens is 1. The van der Waals surface area contributed by atoms with E-state index in [1.165, 1.54) is 25.7 Å². The number of hydrogen-bond acceptors (Lipinski definition) is 2. The maximum atomic E-state index is 9.40. The molecule has 2 rings (SSSR count). The molecule has 1 atom stereocenters. The van der Waals surface area contributed by atoms with Gasteiger partial charge in [-0.3, -0.25) is 4.90 Å². The van der Waals surface area contributed by atoms with E-state index < -0.39 is 0 Å². The molecule has 17 heavy (non-hydrogen) atoms. The van der Waals surface area contributed by atoms with E-state index >= 15 is 0 Å². The highest BCUT2D eigenvalue weighted by Crippen LogP contribution is 2.28. The highest BCUT2D eigenvalue weighted by molar-refractivity contribution is 6.31. The van der Waals surface area contributed by atoms with E-state index in [2.05, 4.69) is 11.0 Å². The van der Waals surface area contributed by atoms with Crippen molar-refractivity contribution in [2.45, 2.75) is 31.7 Å². The van der Waals surface area contributed by atoms with E-state index in [1.807, 2.05) is 24.3 Å². The SMILES string of the molecule is N#CC(c1ccccc1Cl)N1CCCCCC1. The van der Waals surface area contributed by atoms with Gasteiger partial charge in [-0.1, -0.05) is 42.6 Å². The summed E-state index contributed by atoms with van der Waals surface area (Å²) in [5.41, 5.74) is 0.943. The normalized spacial score (nSPS) is 19.3. The minimum atomic E-state index is -0.193. The van der Waals surface area contributed by atoms with Crippen molar-refractivity contribution in [2.75, 3.05) is 13.1 Å². The molecule has 1 aromatic carbocycles. The fourth-order valence-corrected chi connectivity index (χ4v) is 2.64. The van der Waals surface area contributed by atoms with Crippen molar-refractivity contribution in [2.24, 2.45) is 0 Å². The summed E-state index contributed by atoms with van der Waals surface area (Å²) in [5, 5.41) is 10.1. The van der Waals surface area contributed by atoms with E-state index in [1.54, 1.807) is 0 Å². The maximum Gasteiger partial charge on any atom is 0.125 e. The van der Waals surface area contributed by atoms with E-state index in [4.69, 9.17) is 11.6 Å². The van der Waals surface area contributed by atoms with Crippen molar-refractivity contribution in [3.63, 3.8) is 0 Å². The predicted molar refractivity (Wildman–Crippen MR) is 69.8 cm³/mol. The fourth-order valence-electron chi connectivity index (χ4n) is 2.40. The lowest BCUT2D eigenvalue weighted by atomic mass is 10.1. The summed E-state index contributed by atoms with van der Waals surface area (Å²) in [6, 6.07) is 9.88. The molecule has 1 unspecified atom stereocenters. The van der Waals surface area contributed by atoms with Crippen LogP contribution < -0.4 is 0 Å². The van der Waals surface area contributed by atoms with Crippen molar-refractivity contribution in [1.29, 1.82) is 5.26 Å². The Morgan fingerprint density at radius 2 is 1.76 bits per heavy atom. The van der Waals surface area contributed by atoms with Crippen LogP contribution >= 0.6 is 11.6 Å². The van der Waals surface area contributed by atoms with Crippen molar-refractivity contribution in [3.8, 4) is 6.07 Å². The van der Waals surface area contributed by atoms with Crippen LogP contribution in [-0.2, 0) is 0 Å². The zero-order valence-electron chi connectivity index (χ0n) is 9.90. The van der Waals surface area contributed by atoms with Gasteiger partial charge in [-0.15, -0.1) is 0 Å². The van der Waals surface area contributed by atoms with Crippen LogP contribution in [0.2, 0.25) is 5.02 Å². The van der Waals surface area contributed by atoms with Gasteiger partial charge < -0.3 is 0 Å². The summed E-state index contributed by atoms with van der Waals surface area (Å²) in [5.74, 6) is 0. The van der Waals surface area contributed by atoms with Crippen LogP contribution in [0.3, 0.4) is 0 Å². The lowest BCUT2D eigenvalue weighted by molar-refractivity contribution is 0.246. The second-order valence-electron chi connectivity index (χ2n) is 4.50. The Kier molecular flexibility index (Phi) is 4.42. The van der Waals surface area contributed by atoms with Crippen molar-refractivity contribution in [1.82, 2.24) is 4.90 Å². The minimum absolute atomic E-state index is 0.193. The summed E-state index contributed by atoms with van der Waals surface area (Å²) in [4.78, 5) is 2.26. The Labute approximate surface area is 108 Å². The first-order valence-electron chi connectivity index (χ1n) is 6.21. The summed E-state index contributed by atoms with van der Waals surface area (Å²) >= 11 is 6.18. The second kappa shape index (κ2) is 6.05. The van der Waals surface area contributed by atoms with E-state index in [-0.39, 0.29) is 6.04 Å². The smallest absolute Gasteiger partial charge is 0.125 e. The fraction of sp³-hybridized carbons (Fsp3) is 0.500. The molecule has 0 saturated carbocycles. The van der Waals surface area contributed by atoms with Crippen LogP contribution in [0.25, 0.3) is 0 Å². The molecule has 1 saturated heterocycles. The summed E-state index contributed by atoms with van der Waals surface area (Å²) in [7, 11) is 0. The van der Waals surface area contributed by atoms with Gasteiger partial charge in [-0.2, -0.15) is 5.26 Å². The lowest BCUT2D eigenvalue weighted by Crippen LogP contribution is -2.29. The molecule has 0 N–H and O–H groups in total. The molecule has 1 aromatic rings. The van der Waals surface area contributed by atoms with Crippen LogP contribution in [0.15, 0.2) is 24.3 Å². The zero-order chi connectivity index (χ0) is 12.1. The molecule has 0 spiro atoms. The summed E-state index contributed by atoms with van der Waals surface area (Å²) < 4.78 is 0. The molecule has 0 bridgehead atoms. The predicted octanol–water partition coefficient (Wildman–Crippen LogP) is 3.78. The first kappa shape index (κ1) is 12.4. The largest absolute Gasteiger partial charge is 0.284 e. The quantitative estimate of drug-likeness (QED) is 0.797. The Hall–Kier alpha value is -1.04. The molecular formula is C14H17ClN2. The Morgan fingerprint density at radius 3 is 2.35 bits per heavy atom. The zero-order valence-corrected chi connectivity index (χ0v) is 10.7. The van der Waals surface area contributed by atoms with Crippen LogP contribution in [-0.4, -0.2) is 18.0 Å². The summed E-state index contributed by atoms with van der Waals surface area (Å²) in [6.07, 6.45) is 4.92. The lowest BCUT2D eigenvalue weighted by Gasteiger charge is -2.26. The Morgan fingerprint density at radius 1 is 1.12 bits per heavy atom. The van der Waals surface area contributed by atoms with Crippen LogP contribution in [0.4, 0.5) is 0 Å². The summed E-state index contributed by atoms with van der Waals surface area (Å²) in [6.45, 7) is 2.01. The van der Waals surface area contributed by atoms with Gasteiger partial charge >= 0.3 is 0 Å².